The molecule has 0 spiro atoms. The molecule has 0 amide bonds. The first-order valence-electron chi connectivity index (χ1n) is 5.19. The van der Waals surface area contributed by atoms with Crippen LogP contribution in [0.4, 0.5) is 5.69 Å². The van der Waals surface area contributed by atoms with Crippen molar-refractivity contribution in [3.05, 3.63) is 63.5 Å². The normalized spacial score (nSPS) is 10.1. The van der Waals surface area contributed by atoms with Gasteiger partial charge in [0.05, 0.1) is 11.0 Å². The van der Waals surface area contributed by atoms with Crippen LogP contribution in [0.3, 0.4) is 0 Å². The van der Waals surface area contributed by atoms with Gasteiger partial charge in [0.2, 0.25) is 5.75 Å². The molecule has 2 rings (SSSR count). The van der Waals surface area contributed by atoms with Gasteiger partial charge in [0.1, 0.15) is 0 Å². The van der Waals surface area contributed by atoms with Gasteiger partial charge >= 0.3 is 11.6 Å². The maximum atomic E-state index is 11.4. The van der Waals surface area contributed by atoms with Crippen molar-refractivity contribution in [1.82, 2.24) is 0 Å². The first-order chi connectivity index (χ1) is 8.58. The Morgan fingerprint density at radius 2 is 2.06 bits per heavy atom. The molecule has 0 saturated heterocycles. The molecule has 0 fully saturated rings. The van der Waals surface area contributed by atoms with Gasteiger partial charge in [0, 0.05) is 12.1 Å². The number of hydrogen-bond donors (Lipinski definition) is 0. The van der Waals surface area contributed by atoms with E-state index in [1.807, 2.05) is 0 Å². The summed E-state index contributed by atoms with van der Waals surface area (Å²) in [6, 6.07) is 9.15. The van der Waals surface area contributed by atoms with Gasteiger partial charge in [0.15, 0.2) is 6.20 Å². The molecule has 18 heavy (non-hydrogen) atoms. The van der Waals surface area contributed by atoms with Gasteiger partial charge in [-0.3, -0.25) is 10.1 Å². The summed E-state index contributed by atoms with van der Waals surface area (Å²) in [5.74, 6) is 0.0332. The lowest BCUT2D eigenvalue weighted by atomic mass is 10.2. The number of nitro groups is 1. The number of ether oxygens (including phenoxy) is 1. The molecule has 0 aliphatic carbocycles. The van der Waals surface area contributed by atoms with Gasteiger partial charge in [-0.25, -0.2) is 0 Å². The molecule has 6 nitrogen and oxygen atoms in total. The minimum Gasteiger partial charge on any atom is -0.616 e. The van der Waals surface area contributed by atoms with E-state index in [2.05, 4.69) is 0 Å². The minimum absolute atomic E-state index is 0.00977. The van der Waals surface area contributed by atoms with Crippen molar-refractivity contribution in [2.45, 2.75) is 6.92 Å². The fraction of sp³-hybridized carbons (Fsp3) is 0.0833. The van der Waals surface area contributed by atoms with Crippen LogP contribution in [0.25, 0.3) is 0 Å². The molecule has 2 aromatic rings. The van der Waals surface area contributed by atoms with E-state index in [9.17, 15) is 15.3 Å². The van der Waals surface area contributed by atoms with E-state index in [0.29, 0.717) is 4.73 Å². The van der Waals surface area contributed by atoms with Crippen LogP contribution in [0.1, 0.15) is 5.56 Å². The van der Waals surface area contributed by atoms with Crippen LogP contribution >= 0.6 is 0 Å². The summed E-state index contributed by atoms with van der Waals surface area (Å²) in [7, 11) is 0. The topological polar surface area (TPSA) is 79.3 Å². The van der Waals surface area contributed by atoms with Gasteiger partial charge in [-0.15, -0.1) is 4.73 Å². The van der Waals surface area contributed by atoms with E-state index in [1.165, 1.54) is 24.4 Å². The number of hydrogen-bond acceptors (Lipinski definition) is 4. The third kappa shape index (κ3) is 2.37. The highest BCUT2D eigenvalue weighted by Crippen LogP contribution is 2.30. The highest BCUT2D eigenvalue weighted by molar-refractivity contribution is 5.49. The molecule has 1 aromatic carbocycles. The zero-order valence-corrected chi connectivity index (χ0v) is 9.57. The first kappa shape index (κ1) is 11.8. The van der Waals surface area contributed by atoms with Crippen LogP contribution in [0, 0.1) is 22.2 Å². The van der Waals surface area contributed by atoms with E-state index in [1.54, 1.807) is 25.1 Å². The Hall–Kier alpha value is -2.63. The average Bonchev–Trinajstić information content (AvgIpc) is 2.34. The van der Waals surface area contributed by atoms with Gasteiger partial charge in [-0.05, 0) is 24.6 Å². The lowest BCUT2D eigenvalue weighted by Gasteiger charge is -2.06. The summed E-state index contributed by atoms with van der Waals surface area (Å²) < 4.78 is 5.77. The molecule has 0 radical (unpaired) electrons. The Kier molecular flexibility index (Phi) is 3.09. The first-order valence-corrected chi connectivity index (χ1v) is 5.19. The fourth-order valence-corrected chi connectivity index (χ4v) is 1.46. The van der Waals surface area contributed by atoms with E-state index in [0.717, 1.165) is 5.56 Å². The van der Waals surface area contributed by atoms with E-state index < -0.39 is 4.92 Å². The van der Waals surface area contributed by atoms with Crippen molar-refractivity contribution >= 4 is 5.69 Å². The second-order valence-electron chi connectivity index (χ2n) is 3.70. The zero-order chi connectivity index (χ0) is 13.1. The molecule has 0 bridgehead atoms. The van der Waals surface area contributed by atoms with Crippen LogP contribution < -0.4 is 9.47 Å². The fourth-order valence-electron chi connectivity index (χ4n) is 1.46. The van der Waals surface area contributed by atoms with Gasteiger partial charge < -0.3 is 9.94 Å². The molecule has 0 unspecified atom stereocenters. The number of nitro benzene ring substituents is 1. The van der Waals surface area contributed by atoms with Crippen LogP contribution in [0.5, 0.6) is 11.6 Å². The summed E-state index contributed by atoms with van der Waals surface area (Å²) in [4.78, 5) is 10.3. The highest BCUT2D eigenvalue weighted by Gasteiger charge is 2.18. The van der Waals surface area contributed by atoms with E-state index in [-0.39, 0.29) is 17.3 Å². The Morgan fingerprint density at radius 3 is 2.72 bits per heavy atom. The number of rotatable bonds is 3. The van der Waals surface area contributed by atoms with Crippen molar-refractivity contribution in [2.24, 2.45) is 0 Å². The third-order valence-electron chi connectivity index (χ3n) is 2.31. The van der Waals surface area contributed by atoms with Gasteiger partial charge in [-0.2, -0.15) is 0 Å². The summed E-state index contributed by atoms with van der Waals surface area (Å²) in [5, 5.41) is 22.3. The lowest BCUT2D eigenvalue weighted by molar-refractivity contribution is -0.611. The molecule has 0 N–H and O–H groups in total. The molecular formula is C12H10N2O4. The van der Waals surface area contributed by atoms with Crippen molar-refractivity contribution < 1.29 is 14.4 Å². The summed E-state index contributed by atoms with van der Waals surface area (Å²) in [6.45, 7) is 1.74. The van der Waals surface area contributed by atoms with Crippen LogP contribution in [-0.2, 0) is 0 Å². The largest absolute Gasteiger partial charge is 0.616 e. The number of aromatic nitrogens is 1. The van der Waals surface area contributed by atoms with Crippen molar-refractivity contribution in [1.29, 1.82) is 0 Å². The summed E-state index contributed by atoms with van der Waals surface area (Å²) in [5.41, 5.74) is 0.580. The van der Waals surface area contributed by atoms with Crippen molar-refractivity contribution in [3.63, 3.8) is 0 Å². The van der Waals surface area contributed by atoms with Gasteiger partial charge in [0.25, 0.3) is 0 Å². The molecule has 0 aliphatic heterocycles. The summed E-state index contributed by atoms with van der Waals surface area (Å²) >= 11 is 0. The van der Waals surface area contributed by atoms with Crippen LogP contribution in [-0.4, -0.2) is 4.92 Å². The average molecular weight is 246 g/mol. The predicted octanol–water partition coefficient (Wildman–Crippen LogP) is 2.33. The standard InChI is InChI=1S/C12H10N2O4/c1-9-5-6-11(10(8-9)14(16)17)18-12-4-2-3-7-13(12)15/h2-8H,1H3. The Bertz CT molecular complexity index is 598. The molecule has 0 aliphatic rings. The van der Waals surface area contributed by atoms with E-state index in [4.69, 9.17) is 4.74 Å². The van der Waals surface area contributed by atoms with Crippen molar-refractivity contribution in [2.75, 3.05) is 0 Å². The maximum absolute atomic E-state index is 11.4. The number of benzene rings is 1. The molecule has 0 saturated carbocycles. The van der Waals surface area contributed by atoms with Crippen LogP contribution in [0.2, 0.25) is 0 Å². The highest BCUT2D eigenvalue weighted by atomic mass is 16.6. The monoisotopic (exact) mass is 246 g/mol. The SMILES string of the molecule is Cc1ccc(Oc2cccc[n+]2[O-])c([N+](=O)[O-])c1. The Labute approximate surface area is 103 Å². The Balaban J connectivity index is 2.41. The zero-order valence-electron chi connectivity index (χ0n) is 9.57. The second-order valence-corrected chi connectivity index (χ2v) is 3.70. The van der Waals surface area contributed by atoms with E-state index >= 15 is 0 Å². The molecule has 1 heterocycles. The smallest absolute Gasteiger partial charge is 0.385 e. The minimum atomic E-state index is -0.541. The number of aryl methyl sites for hydroxylation is 1. The molecule has 1 aromatic heterocycles. The number of nitrogens with zero attached hydrogens (tertiary/aromatic N) is 2. The van der Waals surface area contributed by atoms with Crippen molar-refractivity contribution in [3.8, 4) is 11.6 Å². The van der Waals surface area contributed by atoms with Gasteiger partial charge in [-0.1, -0.05) is 6.07 Å². The molecule has 6 heteroatoms. The quantitative estimate of drug-likeness (QED) is 0.360. The Morgan fingerprint density at radius 1 is 1.28 bits per heavy atom. The molecule has 92 valence electrons. The maximum Gasteiger partial charge on any atom is 0.385 e. The summed E-state index contributed by atoms with van der Waals surface area (Å²) in [6.07, 6.45) is 1.26. The third-order valence-corrected chi connectivity index (χ3v) is 2.31. The van der Waals surface area contributed by atoms with Crippen LogP contribution in [0.15, 0.2) is 42.6 Å². The lowest BCUT2D eigenvalue weighted by Crippen LogP contribution is -2.26. The molecule has 0 atom stereocenters. The molecular weight excluding hydrogens is 236 g/mol. The number of pyridine rings is 1. The second kappa shape index (κ2) is 4.70. The predicted molar refractivity (Wildman–Crippen MR) is 63.3 cm³/mol.